The molecular formula is C15H17N3O4. The third-order valence-corrected chi connectivity index (χ3v) is 3.00. The third-order valence-electron chi connectivity index (χ3n) is 3.00. The molecule has 0 amide bonds. The molecule has 116 valence electrons. The van der Waals surface area contributed by atoms with Gasteiger partial charge in [0.2, 0.25) is 0 Å². The number of aliphatic hydroxyl groups excluding tert-OH is 1. The number of ether oxygens (including phenoxy) is 1. The second-order valence-corrected chi connectivity index (χ2v) is 4.74. The summed E-state index contributed by atoms with van der Waals surface area (Å²) >= 11 is 0. The second kappa shape index (κ2) is 7.37. The molecule has 7 heteroatoms. The largest absolute Gasteiger partial charge is 0.491 e. The van der Waals surface area contributed by atoms with E-state index < -0.39 is 11.0 Å². The van der Waals surface area contributed by atoms with E-state index in [2.05, 4.69) is 11.7 Å². The van der Waals surface area contributed by atoms with Crippen molar-refractivity contribution in [3.63, 3.8) is 0 Å². The van der Waals surface area contributed by atoms with Gasteiger partial charge in [0.1, 0.15) is 30.9 Å². The summed E-state index contributed by atoms with van der Waals surface area (Å²) in [7, 11) is 0. The maximum absolute atomic E-state index is 10.6. The van der Waals surface area contributed by atoms with Crippen LogP contribution in [0, 0.1) is 10.1 Å². The number of aromatic nitrogens is 2. The summed E-state index contributed by atoms with van der Waals surface area (Å²) in [4.78, 5) is 10.0. The number of para-hydroxylation sites is 1. The van der Waals surface area contributed by atoms with Crippen LogP contribution in [0.3, 0.4) is 0 Å². The molecule has 0 fully saturated rings. The van der Waals surface area contributed by atoms with E-state index >= 15 is 0 Å². The lowest BCUT2D eigenvalue weighted by molar-refractivity contribution is -0.385. The van der Waals surface area contributed by atoms with Crippen molar-refractivity contribution in [2.75, 3.05) is 6.61 Å². The molecule has 0 radical (unpaired) electrons. The Kier molecular flexibility index (Phi) is 5.26. The summed E-state index contributed by atoms with van der Waals surface area (Å²) < 4.78 is 6.93. The number of hydrogen-bond acceptors (Lipinski definition) is 5. The van der Waals surface area contributed by atoms with Gasteiger partial charge < -0.3 is 9.84 Å². The summed E-state index contributed by atoms with van der Waals surface area (Å²) in [6.45, 7) is 3.89. The van der Waals surface area contributed by atoms with Crippen LogP contribution >= 0.6 is 0 Å². The predicted octanol–water partition coefficient (Wildman–Crippen LogP) is 1.96. The van der Waals surface area contributed by atoms with E-state index in [1.165, 1.54) is 10.9 Å². The minimum atomic E-state index is -0.823. The van der Waals surface area contributed by atoms with Crippen LogP contribution in [0.5, 0.6) is 5.75 Å². The summed E-state index contributed by atoms with van der Waals surface area (Å²) in [6.07, 6.45) is 4.05. The Morgan fingerprint density at radius 1 is 1.50 bits per heavy atom. The lowest BCUT2D eigenvalue weighted by Gasteiger charge is -2.14. The maximum atomic E-state index is 10.6. The molecule has 7 nitrogen and oxygen atoms in total. The molecule has 1 N–H and O–H groups in total. The number of allylic oxidation sites excluding steroid dienone is 1. The Morgan fingerprint density at radius 3 is 2.95 bits per heavy atom. The van der Waals surface area contributed by atoms with Gasteiger partial charge in [0.15, 0.2) is 0 Å². The summed E-state index contributed by atoms with van der Waals surface area (Å²) in [6, 6.07) is 7.51. The van der Waals surface area contributed by atoms with E-state index in [1.807, 2.05) is 24.3 Å². The first-order valence-electron chi connectivity index (χ1n) is 6.76. The molecule has 0 aliphatic rings. The highest BCUT2D eigenvalue weighted by molar-refractivity contribution is 5.34. The fraction of sp³-hybridized carbons (Fsp3) is 0.267. The van der Waals surface area contributed by atoms with Gasteiger partial charge in [-0.25, -0.2) is 0 Å². The fourth-order valence-corrected chi connectivity index (χ4v) is 1.97. The molecule has 2 aromatic rings. The zero-order chi connectivity index (χ0) is 15.9. The Bertz CT molecular complexity index is 654. The molecular weight excluding hydrogens is 286 g/mol. The molecule has 1 unspecified atom stereocenters. The van der Waals surface area contributed by atoms with Crippen LogP contribution in [0.2, 0.25) is 0 Å². The molecule has 1 aromatic heterocycles. The number of aliphatic hydroxyl groups is 1. The van der Waals surface area contributed by atoms with Gasteiger partial charge >= 0.3 is 5.69 Å². The molecule has 1 atom stereocenters. The standard InChI is InChI=1S/C15H17N3O4/c1-2-5-12-6-3-4-7-15(12)22-11-14(19)10-17-9-13(8-16-17)18(20)21/h2-4,6-9,14,19H,1,5,10-11H2. The van der Waals surface area contributed by atoms with Gasteiger partial charge in [0, 0.05) is 0 Å². The van der Waals surface area contributed by atoms with Crippen LogP contribution in [0.25, 0.3) is 0 Å². The van der Waals surface area contributed by atoms with Crippen molar-refractivity contribution < 1.29 is 14.8 Å². The Labute approximate surface area is 127 Å². The highest BCUT2D eigenvalue weighted by Crippen LogP contribution is 2.19. The van der Waals surface area contributed by atoms with E-state index in [-0.39, 0.29) is 18.8 Å². The van der Waals surface area contributed by atoms with E-state index in [1.54, 1.807) is 6.08 Å². The van der Waals surface area contributed by atoms with Crippen molar-refractivity contribution in [3.05, 3.63) is 65.0 Å². The highest BCUT2D eigenvalue weighted by atomic mass is 16.6. The van der Waals surface area contributed by atoms with E-state index in [4.69, 9.17) is 4.74 Å². The second-order valence-electron chi connectivity index (χ2n) is 4.74. The van der Waals surface area contributed by atoms with Crippen molar-refractivity contribution in [2.24, 2.45) is 0 Å². The van der Waals surface area contributed by atoms with Crippen LogP contribution in [-0.2, 0) is 13.0 Å². The normalized spacial score (nSPS) is 11.9. The van der Waals surface area contributed by atoms with Crippen molar-refractivity contribution in [1.29, 1.82) is 0 Å². The molecule has 2 rings (SSSR count). The van der Waals surface area contributed by atoms with E-state index in [0.29, 0.717) is 12.2 Å². The molecule has 1 heterocycles. The van der Waals surface area contributed by atoms with Gasteiger partial charge in [-0.3, -0.25) is 14.8 Å². The average molecular weight is 303 g/mol. The van der Waals surface area contributed by atoms with Crippen LogP contribution in [0.15, 0.2) is 49.3 Å². The van der Waals surface area contributed by atoms with Gasteiger partial charge in [-0.1, -0.05) is 24.3 Å². The minimum absolute atomic E-state index is 0.0712. The molecule has 0 aliphatic carbocycles. The maximum Gasteiger partial charge on any atom is 0.306 e. The zero-order valence-corrected chi connectivity index (χ0v) is 12.0. The van der Waals surface area contributed by atoms with Crippen LogP contribution in [0.1, 0.15) is 5.56 Å². The zero-order valence-electron chi connectivity index (χ0n) is 12.0. The first-order chi connectivity index (χ1) is 10.6. The number of nitro groups is 1. The van der Waals surface area contributed by atoms with Gasteiger partial charge in [-0.05, 0) is 18.1 Å². The first-order valence-corrected chi connectivity index (χ1v) is 6.76. The number of rotatable bonds is 8. The van der Waals surface area contributed by atoms with Crippen molar-refractivity contribution in [3.8, 4) is 5.75 Å². The number of hydrogen-bond donors (Lipinski definition) is 1. The van der Waals surface area contributed by atoms with Gasteiger partial charge in [0.25, 0.3) is 0 Å². The van der Waals surface area contributed by atoms with Crippen molar-refractivity contribution in [2.45, 2.75) is 19.1 Å². The Morgan fingerprint density at radius 2 is 2.27 bits per heavy atom. The Hall–Kier alpha value is -2.67. The molecule has 0 saturated heterocycles. The Balaban J connectivity index is 1.91. The molecule has 0 bridgehead atoms. The van der Waals surface area contributed by atoms with Crippen LogP contribution in [-0.4, -0.2) is 32.5 Å². The monoisotopic (exact) mass is 303 g/mol. The molecule has 1 aromatic carbocycles. The predicted molar refractivity (Wildman–Crippen MR) is 80.7 cm³/mol. The summed E-state index contributed by atoms with van der Waals surface area (Å²) in [5.41, 5.74) is 0.879. The number of benzene rings is 1. The fourth-order valence-electron chi connectivity index (χ4n) is 1.97. The van der Waals surface area contributed by atoms with Gasteiger partial charge in [-0.15, -0.1) is 6.58 Å². The minimum Gasteiger partial charge on any atom is -0.491 e. The average Bonchev–Trinajstić information content (AvgIpc) is 2.95. The number of nitrogens with zero attached hydrogens (tertiary/aromatic N) is 3. The van der Waals surface area contributed by atoms with Crippen molar-refractivity contribution >= 4 is 5.69 Å². The lowest BCUT2D eigenvalue weighted by Crippen LogP contribution is -2.24. The smallest absolute Gasteiger partial charge is 0.306 e. The molecule has 0 saturated carbocycles. The quantitative estimate of drug-likeness (QED) is 0.457. The van der Waals surface area contributed by atoms with Crippen LogP contribution in [0.4, 0.5) is 5.69 Å². The molecule has 0 spiro atoms. The molecule has 0 aliphatic heterocycles. The van der Waals surface area contributed by atoms with Gasteiger partial charge in [0.05, 0.1) is 11.5 Å². The van der Waals surface area contributed by atoms with Gasteiger partial charge in [-0.2, -0.15) is 5.10 Å². The van der Waals surface area contributed by atoms with E-state index in [0.717, 1.165) is 11.8 Å². The van der Waals surface area contributed by atoms with Crippen molar-refractivity contribution in [1.82, 2.24) is 9.78 Å². The highest BCUT2D eigenvalue weighted by Gasteiger charge is 2.13. The SMILES string of the molecule is C=CCc1ccccc1OCC(O)Cn1cc([N+](=O)[O-])cn1. The lowest BCUT2D eigenvalue weighted by atomic mass is 10.1. The third kappa shape index (κ3) is 4.16. The first kappa shape index (κ1) is 15.7. The van der Waals surface area contributed by atoms with E-state index in [9.17, 15) is 15.2 Å². The topological polar surface area (TPSA) is 90.4 Å². The van der Waals surface area contributed by atoms with Crippen LogP contribution < -0.4 is 4.74 Å². The molecule has 22 heavy (non-hydrogen) atoms. The summed E-state index contributed by atoms with van der Waals surface area (Å²) in [5, 5.41) is 24.3. The summed E-state index contributed by atoms with van der Waals surface area (Å²) in [5.74, 6) is 0.688.